The van der Waals surface area contributed by atoms with Gasteiger partial charge < -0.3 is 15.5 Å². The first-order valence-electron chi connectivity index (χ1n) is 8.39. The Kier molecular flexibility index (Phi) is 7.19. The van der Waals surface area contributed by atoms with Crippen LogP contribution in [0, 0.1) is 12.8 Å². The fraction of sp³-hybridized carbons (Fsp3) is 0.706. The molecule has 2 N–H and O–H groups in total. The first-order valence-corrected chi connectivity index (χ1v) is 9.21. The SMILES string of the molecule is CN=C(NCc1ccc(C)s1)NCC(C)CN1CCCCC1. The van der Waals surface area contributed by atoms with Crippen molar-refractivity contribution in [2.75, 3.05) is 33.2 Å². The molecular formula is C17H30N4S. The number of aryl methyl sites for hydroxylation is 1. The molecule has 1 saturated heterocycles. The van der Waals surface area contributed by atoms with Gasteiger partial charge in [-0.3, -0.25) is 4.99 Å². The lowest BCUT2D eigenvalue weighted by atomic mass is 10.1. The monoisotopic (exact) mass is 322 g/mol. The van der Waals surface area contributed by atoms with E-state index in [9.17, 15) is 0 Å². The van der Waals surface area contributed by atoms with E-state index in [0.717, 1.165) is 19.0 Å². The fourth-order valence-electron chi connectivity index (χ4n) is 2.89. The van der Waals surface area contributed by atoms with E-state index in [1.54, 1.807) is 0 Å². The van der Waals surface area contributed by atoms with Crippen molar-refractivity contribution in [2.45, 2.75) is 39.7 Å². The lowest BCUT2D eigenvalue weighted by Gasteiger charge is -2.29. The Hall–Kier alpha value is -1.07. The van der Waals surface area contributed by atoms with Gasteiger partial charge in [0.1, 0.15) is 0 Å². The minimum Gasteiger partial charge on any atom is -0.356 e. The predicted octanol–water partition coefficient (Wildman–Crippen LogP) is 2.84. The molecule has 0 aliphatic carbocycles. The molecule has 0 spiro atoms. The normalized spacial score (nSPS) is 18.2. The summed E-state index contributed by atoms with van der Waals surface area (Å²) in [6.07, 6.45) is 4.13. The van der Waals surface area contributed by atoms with E-state index < -0.39 is 0 Å². The van der Waals surface area contributed by atoms with Crippen molar-refractivity contribution in [3.8, 4) is 0 Å². The van der Waals surface area contributed by atoms with E-state index in [4.69, 9.17) is 0 Å². The zero-order valence-corrected chi connectivity index (χ0v) is 15.0. The fourth-order valence-corrected chi connectivity index (χ4v) is 3.72. The Morgan fingerprint density at radius 1 is 1.27 bits per heavy atom. The Morgan fingerprint density at radius 3 is 2.68 bits per heavy atom. The van der Waals surface area contributed by atoms with Gasteiger partial charge in [-0.25, -0.2) is 0 Å². The number of nitrogens with zero attached hydrogens (tertiary/aromatic N) is 2. The first kappa shape index (κ1) is 17.3. The molecule has 4 nitrogen and oxygen atoms in total. The van der Waals surface area contributed by atoms with Gasteiger partial charge in [0.25, 0.3) is 0 Å². The topological polar surface area (TPSA) is 39.7 Å². The molecular weight excluding hydrogens is 292 g/mol. The summed E-state index contributed by atoms with van der Waals surface area (Å²) in [4.78, 5) is 9.62. The molecule has 0 saturated carbocycles. The van der Waals surface area contributed by atoms with Crippen molar-refractivity contribution >= 4 is 17.3 Å². The zero-order chi connectivity index (χ0) is 15.8. The number of hydrogen-bond donors (Lipinski definition) is 2. The van der Waals surface area contributed by atoms with E-state index in [-0.39, 0.29) is 0 Å². The third-order valence-electron chi connectivity index (χ3n) is 4.09. The molecule has 1 aliphatic heterocycles. The van der Waals surface area contributed by atoms with Gasteiger partial charge in [0.05, 0.1) is 6.54 Å². The van der Waals surface area contributed by atoms with E-state index in [2.05, 4.69) is 46.5 Å². The van der Waals surface area contributed by atoms with E-state index in [1.807, 2.05) is 18.4 Å². The van der Waals surface area contributed by atoms with Crippen LogP contribution in [0.15, 0.2) is 17.1 Å². The number of likely N-dealkylation sites (tertiary alicyclic amines) is 1. The van der Waals surface area contributed by atoms with Crippen LogP contribution in [-0.2, 0) is 6.54 Å². The van der Waals surface area contributed by atoms with E-state index in [0.29, 0.717) is 5.92 Å². The summed E-state index contributed by atoms with van der Waals surface area (Å²) in [7, 11) is 1.84. The quantitative estimate of drug-likeness (QED) is 0.625. The summed E-state index contributed by atoms with van der Waals surface area (Å²) >= 11 is 1.84. The zero-order valence-electron chi connectivity index (χ0n) is 14.2. The van der Waals surface area contributed by atoms with Gasteiger partial charge in [-0.15, -0.1) is 11.3 Å². The highest BCUT2D eigenvalue weighted by Gasteiger charge is 2.13. The third-order valence-corrected chi connectivity index (χ3v) is 5.09. The van der Waals surface area contributed by atoms with Gasteiger partial charge >= 0.3 is 0 Å². The largest absolute Gasteiger partial charge is 0.356 e. The van der Waals surface area contributed by atoms with Crippen LogP contribution in [0.25, 0.3) is 0 Å². The maximum absolute atomic E-state index is 4.31. The summed E-state index contributed by atoms with van der Waals surface area (Å²) < 4.78 is 0. The van der Waals surface area contributed by atoms with Crippen molar-refractivity contribution in [1.29, 1.82) is 0 Å². The Balaban J connectivity index is 1.66. The number of guanidine groups is 1. The molecule has 0 amide bonds. The lowest BCUT2D eigenvalue weighted by molar-refractivity contribution is 0.201. The second-order valence-corrected chi connectivity index (χ2v) is 7.66. The molecule has 1 atom stereocenters. The number of rotatable bonds is 6. The number of hydrogen-bond acceptors (Lipinski definition) is 3. The molecule has 1 aliphatic rings. The molecule has 1 unspecified atom stereocenters. The molecule has 22 heavy (non-hydrogen) atoms. The van der Waals surface area contributed by atoms with Crippen molar-refractivity contribution in [3.63, 3.8) is 0 Å². The average Bonchev–Trinajstić information content (AvgIpc) is 2.94. The summed E-state index contributed by atoms with van der Waals surface area (Å²) in [5.41, 5.74) is 0. The van der Waals surface area contributed by atoms with Crippen LogP contribution in [0.1, 0.15) is 35.9 Å². The van der Waals surface area contributed by atoms with Crippen LogP contribution in [0.4, 0.5) is 0 Å². The second-order valence-electron chi connectivity index (χ2n) is 6.29. The molecule has 2 rings (SSSR count). The molecule has 5 heteroatoms. The molecule has 1 fully saturated rings. The highest BCUT2D eigenvalue weighted by atomic mass is 32.1. The molecule has 2 heterocycles. The van der Waals surface area contributed by atoms with Crippen LogP contribution in [0.2, 0.25) is 0 Å². The third kappa shape index (κ3) is 5.97. The summed E-state index contributed by atoms with van der Waals surface area (Å²) in [6.45, 7) is 10.0. The van der Waals surface area contributed by atoms with Crippen molar-refractivity contribution < 1.29 is 0 Å². The highest BCUT2D eigenvalue weighted by Crippen LogP contribution is 2.14. The molecule has 124 valence electrons. The van der Waals surface area contributed by atoms with Gasteiger partial charge in [-0.1, -0.05) is 13.3 Å². The smallest absolute Gasteiger partial charge is 0.191 e. The van der Waals surface area contributed by atoms with Crippen LogP contribution < -0.4 is 10.6 Å². The van der Waals surface area contributed by atoms with Gasteiger partial charge in [-0.2, -0.15) is 0 Å². The van der Waals surface area contributed by atoms with Crippen LogP contribution in [0.5, 0.6) is 0 Å². The highest BCUT2D eigenvalue weighted by molar-refractivity contribution is 7.11. The molecule has 0 radical (unpaired) electrons. The number of piperidine rings is 1. The summed E-state index contributed by atoms with van der Waals surface area (Å²) in [5, 5.41) is 6.85. The van der Waals surface area contributed by atoms with Crippen molar-refractivity contribution in [1.82, 2.24) is 15.5 Å². The molecule has 0 aromatic carbocycles. The molecule has 1 aromatic heterocycles. The minimum absolute atomic E-state index is 0.639. The Morgan fingerprint density at radius 2 is 2.05 bits per heavy atom. The Bertz CT molecular complexity index is 463. The maximum Gasteiger partial charge on any atom is 0.191 e. The summed E-state index contributed by atoms with van der Waals surface area (Å²) in [5.74, 6) is 1.54. The van der Waals surface area contributed by atoms with Gasteiger partial charge in [0.2, 0.25) is 0 Å². The first-order chi connectivity index (χ1) is 10.7. The van der Waals surface area contributed by atoms with E-state index in [1.165, 1.54) is 48.7 Å². The standard InChI is InChI=1S/C17H30N4S/c1-14(13-21-9-5-4-6-10-21)11-19-17(18-3)20-12-16-8-7-15(2)22-16/h7-8,14H,4-6,9-13H2,1-3H3,(H2,18,19,20). The number of thiophene rings is 1. The van der Waals surface area contributed by atoms with Gasteiger partial charge in [0, 0.05) is 29.9 Å². The second kappa shape index (κ2) is 9.16. The van der Waals surface area contributed by atoms with Crippen LogP contribution in [-0.4, -0.2) is 44.1 Å². The van der Waals surface area contributed by atoms with Crippen molar-refractivity contribution in [2.24, 2.45) is 10.9 Å². The molecule has 1 aromatic rings. The van der Waals surface area contributed by atoms with E-state index >= 15 is 0 Å². The van der Waals surface area contributed by atoms with Gasteiger partial charge in [-0.05, 0) is 50.9 Å². The molecule has 0 bridgehead atoms. The average molecular weight is 323 g/mol. The maximum atomic E-state index is 4.31. The lowest BCUT2D eigenvalue weighted by Crippen LogP contribution is -2.42. The van der Waals surface area contributed by atoms with Crippen molar-refractivity contribution in [3.05, 3.63) is 21.9 Å². The van der Waals surface area contributed by atoms with Crippen LogP contribution >= 0.6 is 11.3 Å². The predicted molar refractivity (Wildman–Crippen MR) is 96.7 cm³/mol. The summed E-state index contributed by atoms with van der Waals surface area (Å²) in [6, 6.07) is 4.35. The Labute approximate surface area is 139 Å². The number of nitrogens with one attached hydrogen (secondary N) is 2. The van der Waals surface area contributed by atoms with Crippen LogP contribution in [0.3, 0.4) is 0 Å². The van der Waals surface area contributed by atoms with Gasteiger partial charge in [0.15, 0.2) is 5.96 Å². The minimum atomic E-state index is 0.639. The number of aliphatic imine (C=N–C) groups is 1.